The number of carbonyl (C=O) groups excluding carboxylic acids is 1. The van der Waals surface area contributed by atoms with E-state index in [1.165, 1.54) is 26.2 Å². The average molecular weight is 420 g/mol. The Morgan fingerprint density at radius 1 is 1.03 bits per heavy atom. The van der Waals surface area contributed by atoms with Crippen LogP contribution in [0, 0.1) is 19.7 Å². The predicted octanol–water partition coefficient (Wildman–Crippen LogP) is 2.66. The standard InChI is InChI=1S/C21H26FN3O3S/c1-15-13-17(14-20(16(15)2)29(27,28)23(3)4)21(26)25-11-9-24(10-12-25)19-8-6-5-7-18(19)22/h5-8,13-14H,9-12H2,1-4H3. The summed E-state index contributed by atoms with van der Waals surface area (Å²) >= 11 is 0. The molecule has 1 aliphatic rings. The summed E-state index contributed by atoms with van der Waals surface area (Å²) in [6.45, 7) is 5.45. The van der Waals surface area contributed by atoms with Gasteiger partial charge in [0.2, 0.25) is 10.0 Å². The number of sulfonamides is 1. The van der Waals surface area contributed by atoms with Gasteiger partial charge in [-0.2, -0.15) is 0 Å². The van der Waals surface area contributed by atoms with Gasteiger partial charge in [0.1, 0.15) is 5.82 Å². The second-order valence-corrected chi connectivity index (χ2v) is 9.55. The highest BCUT2D eigenvalue weighted by Crippen LogP contribution is 2.25. The van der Waals surface area contributed by atoms with Crippen molar-refractivity contribution in [3.8, 4) is 0 Å². The SMILES string of the molecule is Cc1cc(C(=O)N2CCN(c3ccccc3F)CC2)cc(S(=O)(=O)N(C)C)c1C. The Balaban J connectivity index is 1.82. The maximum Gasteiger partial charge on any atom is 0.254 e. The Kier molecular flexibility index (Phi) is 5.95. The molecule has 1 heterocycles. The van der Waals surface area contributed by atoms with E-state index < -0.39 is 10.0 Å². The maximum atomic E-state index is 14.0. The number of benzene rings is 2. The van der Waals surface area contributed by atoms with E-state index >= 15 is 0 Å². The number of hydrogen-bond acceptors (Lipinski definition) is 4. The first-order valence-electron chi connectivity index (χ1n) is 9.45. The second-order valence-electron chi connectivity index (χ2n) is 7.43. The van der Waals surface area contributed by atoms with Crippen LogP contribution < -0.4 is 4.90 Å². The molecule has 6 nitrogen and oxygen atoms in total. The Morgan fingerprint density at radius 2 is 1.66 bits per heavy atom. The van der Waals surface area contributed by atoms with Crippen LogP contribution in [0.4, 0.5) is 10.1 Å². The van der Waals surface area contributed by atoms with Crippen LogP contribution in [0.25, 0.3) is 0 Å². The first-order valence-corrected chi connectivity index (χ1v) is 10.9. The van der Waals surface area contributed by atoms with Crippen molar-refractivity contribution in [1.29, 1.82) is 0 Å². The van der Waals surface area contributed by atoms with Gasteiger partial charge in [-0.15, -0.1) is 0 Å². The molecule has 8 heteroatoms. The van der Waals surface area contributed by atoms with Crippen molar-refractivity contribution in [2.45, 2.75) is 18.7 Å². The van der Waals surface area contributed by atoms with Crippen molar-refractivity contribution >= 4 is 21.6 Å². The highest BCUT2D eigenvalue weighted by molar-refractivity contribution is 7.89. The van der Waals surface area contributed by atoms with Gasteiger partial charge >= 0.3 is 0 Å². The van der Waals surface area contributed by atoms with Gasteiger partial charge in [-0.25, -0.2) is 17.1 Å². The number of piperazine rings is 1. The lowest BCUT2D eigenvalue weighted by atomic mass is 10.0. The molecule has 1 amide bonds. The summed E-state index contributed by atoms with van der Waals surface area (Å²) < 4.78 is 40.5. The van der Waals surface area contributed by atoms with Crippen molar-refractivity contribution in [3.63, 3.8) is 0 Å². The van der Waals surface area contributed by atoms with E-state index in [9.17, 15) is 17.6 Å². The lowest BCUT2D eigenvalue weighted by Crippen LogP contribution is -2.49. The van der Waals surface area contributed by atoms with Gasteiger partial charge in [0.05, 0.1) is 10.6 Å². The molecule has 1 saturated heterocycles. The van der Waals surface area contributed by atoms with Crippen molar-refractivity contribution in [3.05, 3.63) is 58.9 Å². The van der Waals surface area contributed by atoms with E-state index in [1.54, 1.807) is 43.0 Å². The molecule has 1 fully saturated rings. The highest BCUT2D eigenvalue weighted by atomic mass is 32.2. The zero-order chi connectivity index (χ0) is 21.3. The third kappa shape index (κ3) is 4.13. The zero-order valence-corrected chi connectivity index (χ0v) is 18.0. The van der Waals surface area contributed by atoms with Crippen LogP contribution in [0.15, 0.2) is 41.3 Å². The van der Waals surface area contributed by atoms with Crippen LogP contribution >= 0.6 is 0 Å². The number of hydrogen-bond donors (Lipinski definition) is 0. The monoisotopic (exact) mass is 419 g/mol. The van der Waals surface area contributed by atoms with E-state index in [4.69, 9.17) is 0 Å². The number of amides is 1. The van der Waals surface area contributed by atoms with Crippen molar-refractivity contribution < 1.29 is 17.6 Å². The molecule has 29 heavy (non-hydrogen) atoms. The quantitative estimate of drug-likeness (QED) is 0.765. The number of carbonyl (C=O) groups is 1. The molecule has 156 valence electrons. The summed E-state index contributed by atoms with van der Waals surface area (Å²) in [6, 6.07) is 9.79. The fraction of sp³-hybridized carbons (Fsp3) is 0.381. The van der Waals surface area contributed by atoms with Gasteiger partial charge in [-0.05, 0) is 49.2 Å². The van der Waals surface area contributed by atoms with Gasteiger partial charge in [0.25, 0.3) is 5.91 Å². The van der Waals surface area contributed by atoms with Crippen LogP contribution in [-0.2, 0) is 10.0 Å². The first-order chi connectivity index (χ1) is 13.6. The predicted molar refractivity (Wildman–Crippen MR) is 111 cm³/mol. The van der Waals surface area contributed by atoms with Crippen molar-refractivity contribution in [1.82, 2.24) is 9.21 Å². The molecule has 0 aromatic heterocycles. The van der Waals surface area contributed by atoms with E-state index in [-0.39, 0.29) is 16.6 Å². The normalized spacial score (nSPS) is 15.1. The molecule has 0 saturated carbocycles. The minimum atomic E-state index is -3.65. The summed E-state index contributed by atoms with van der Waals surface area (Å²) in [5.41, 5.74) is 2.28. The Hall–Kier alpha value is -2.45. The first kappa shape index (κ1) is 21.3. The fourth-order valence-electron chi connectivity index (χ4n) is 3.46. The van der Waals surface area contributed by atoms with Gasteiger partial charge < -0.3 is 9.80 Å². The largest absolute Gasteiger partial charge is 0.366 e. The third-order valence-corrected chi connectivity index (χ3v) is 7.33. The summed E-state index contributed by atoms with van der Waals surface area (Å²) in [5, 5.41) is 0. The van der Waals surface area contributed by atoms with Gasteiger partial charge in [0.15, 0.2) is 0 Å². The summed E-state index contributed by atoms with van der Waals surface area (Å²) in [4.78, 5) is 16.8. The Morgan fingerprint density at radius 3 is 2.24 bits per heavy atom. The Bertz CT molecular complexity index is 1030. The molecule has 0 bridgehead atoms. The minimum Gasteiger partial charge on any atom is -0.366 e. The van der Waals surface area contributed by atoms with E-state index in [0.29, 0.717) is 43.0 Å². The van der Waals surface area contributed by atoms with Crippen LogP contribution in [0.3, 0.4) is 0 Å². The molecule has 0 N–H and O–H groups in total. The third-order valence-electron chi connectivity index (χ3n) is 5.39. The van der Waals surface area contributed by atoms with Gasteiger partial charge in [-0.1, -0.05) is 12.1 Å². The Labute approximate surface area is 171 Å². The molecule has 2 aromatic carbocycles. The summed E-state index contributed by atoms with van der Waals surface area (Å²) in [5.74, 6) is -0.489. The lowest BCUT2D eigenvalue weighted by Gasteiger charge is -2.36. The van der Waals surface area contributed by atoms with E-state index in [2.05, 4.69) is 0 Å². The van der Waals surface area contributed by atoms with Gasteiger partial charge in [0, 0.05) is 45.8 Å². The summed E-state index contributed by atoms with van der Waals surface area (Å²) in [7, 11) is -0.708. The fourth-order valence-corrected chi connectivity index (χ4v) is 4.67. The van der Waals surface area contributed by atoms with E-state index in [0.717, 1.165) is 9.87 Å². The molecule has 0 aliphatic carbocycles. The van der Waals surface area contributed by atoms with Crippen LogP contribution in [0.1, 0.15) is 21.5 Å². The minimum absolute atomic E-state index is 0.149. The van der Waals surface area contributed by atoms with E-state index in [1.807, 2.05) is 4.90 Å². The molecule has 0 unspecified atom stereocenters. The second kappa shape index (κ2) is 8.12. The molecule has 0 radical (unpaired) electrons. The molecular weight excluding hydrogens is 393 g/mol. The van der Waals surface area contributed by atoms with Gasteiger partial charge in [-0.3, -0.25) is 4.79 Å². The maximum absolute atomic E-state index is 14.0. The highest BCUT2D eigenvalue weighted by Gasteiger charge is 2.27. The average Bonchev–Trinajstić information content (AvgIpc) is 2.69. The molecular formula is C21H26FN3O3S. The molecule has 0 atom stereocenters. The number of nitrogens with zero attached hydrogens (tertiary/aromatic N) is 3. The van der Waals surface area contributed by atoms with Crippen LogP contribution in [-0.4, -0.2) is 63.8 Å². The molecule has 0 spiro atoms. The van der Waals surface area contributed by atoms with Crippen molar-refractivity contribution in [2.75, 3.05) is 45.2 Å². The number of halogens is 1. The topological polar surface area (TPSA) is 60.9 Å². The zero-order valence-electron chi connectivity index (χ0n) is 17.1. The number of para-hydroxylation sites is 1. The number of anilines is 1. The molecule has 2 aromatic rings. The number of rotatable bonds is 4. The lowest BCUT2D eigenvalue weighted by molar-refractivity contribution is 0.0746. The van der Waals surface area contributed by atoms with Crippen LogP contribution in [0.5, 0.6) is 0 Å². The number of aryl methyl sites for hydroxylation is 1. The summed E-state index contributed by atoms with van der Waals surface area (Å²) in [6.07, 6.45) is 0. The smallest absolute Gasteiger partial charge is 0.254 e. The van der Waals surface area contributed by atoms with Crippen molar-refractivity contribution in [2.24, 2.45) is 0 Å². The molecule has 3 rings (SSSR count). The van der Waals surface area contributed by atoms with Crippen LogP contribution in [0.2, 0.25) is 0 Å². The molecule has 1 aliphatic heterocycles.